The third-order valence-electron chi connectivity index (χ3n) is 10.6. The predicted octanol–water partition coefficient (Wildman–Crippen LogP) is 5.53. The molecule has 1 amide bonds. The van der Waals surface area contributed by atoms with Crippen molar-refractivity contribution >= 4 is 44.2 Å². The van der Waals surface area contributed by atoms with Crippen LogP contribution in [-0.2, 0) is 23.0 Å². The molecule has 1 atom stereocenters. The van der Waals surface area contributed by atoms with Crippen LogP contribution in [-0.4, -0.2) is 73.0 Å². The molecule has 2 aromatic carbocycles. The molecule has 0 spiro atoms. The number of carbonyl (C=O) groups excluding carboxylic acids is 1. The summed E-state index contributed by atoms with van der Waals surface area (Å²) in [6.45, 7) is 3.71. The number of sulfonamides is 1. The number of fused-ring (bicyclic) bond motifs is 1. The Hall–Kier alpha value is -3.74. The van der Waals surface area contributed by atoms with Gasteiger partial charge in [0.2, 0.25) is 10.0 Å². The van der Waals surface area contributed by atoms with Crippen molar-refractivity contribution in [3.8, 4) is 0 Å². The van der Waals surface area contributed by atoms with E-state index in [0.29, 0.717) is 29.5 Å². The second kappa shape index (κ2) is 15.0. The van der Waals surface area contributed by atoms with Crippen molar-refractivity contribution < 1.29 is 17.6 Å². The van der Waals surface area contributed by atoms with Crippen LogP contribution in [0.5, 0.6) is 0 Å². The molecule has 262 valence electrons. The number of hydrogen-bond acceptors (Lipinski definition) is 8. The lowest BCUT2D eigenvalue weighted by Crippen LogP contribution is -2.48. The summed E-state index contributed by atoms with van der Waals surface area (Å²) >= 11 is 6.15. The number of halogens is 1. The summed E-state index contributed by atoms with van der Waals surface area (Å²) in [5, 5.41) is 8.44. The second-order valence-electron chi connectivity index (χ2n) is 13.8. The minimum absolute atomic E-state index is 0.0915. The summed E-state index contributed by atoms with van der Waals surface area (Å²) in [4.78, 5) is 33.4. The average Bonchev–Trinajstić information content (AvgIpc) is 3.61. The van der Waals surface area contributed by atoms with Crippen molar-refractivity contribution in [2.45, 2.75) is 70.4 Å². The summed E-state index contributed by atoms with van der Waals surface area (Å²) in [7, 11) is -2.10. The Labute approximate surface area is 292 Å². The quantitative estimate of drug-likeness (QED) is 0.204. The first-order chi connectivity index (χ1) is 23.5. The van der Waals surface area contributed by atoms with Gasteiger partial charge in [-0.25, -0.2) is 13.4 Å². The van der Waals surface area contributed by atoms with Crippen LogP contribution in [0.1, 0.15) is 67.5 Å². The van der Waals surface area contributed by atoms with E-state index in [1.807, 2.05) is 35.3 Å². The van der Waals surface area contributed by atoms with Crippen molar-refractivity contribution in [1.82, 2.24) is 25.0 Å². The van der Waals surface area contributed by atoms with Crippen LogP contribution >= 0.6 is 11.6 Å². The molecule has 0 bridgehead atoms. The van der Waals surface area contributed by atoms with E-state index in [0.717, 1.165) is 55.1 Å². The molecule has 1 N–H and O–H groups in total. The Balaban J connectivity index is 1.15. The zero-order chi connectivity index (χ0) is 34.6. The highest BCUT2D eigenvalue weighted by atomic mass is 35.5. The van der Waals surface area contributed by atoms with Gasteiger partial charge < -0.3 is 14.6 Å². The van der Waals surface area contributed by atoms with Gasteiger partial charge in [-0.3, -0.25) is 18.6 Å². The summed E-state index contributed by atoms with van der Waals surface area (Å²) in [5.41, 5.74) is 1.37. The Bertz CT molecular complexity index is 1900. The minimum Gasteiger partial charge on any atom is -0.451 e. The number of nitrogens with zero attached hydrogens (tertiary/aromatic N) is 5. The molecule has 1 saturated carbocycles. The van der Waals surface area contributed by atoms with Gasteiger partial charge in [-0.2, -0.15) is 5.10 Å². The molecule has 0 unspecified atom stereocenters. The van der Waals surface area contributed by atoms with Gasteiger partial charge in [0.25, 0.3) is 5.91 Å². The largest absolute Gasteiger partial charge is 0.451 e. The Morgan fingerprint density at radius 3 is 2.51 bits per heavy atom. The minimum atomic E-state index is -3.52. The first-order valence-corrected chi connectivity index (χ1v) is 19.3. The van der Waals surface area contributed by atoms with Crippen molar-refractivity contribution in [2.24, 2.45) is 11.3 Å². The molecular formula is C36H45ClN6O5S. The summed E-state index contributed by atoms with van der Waals surface area (Å²) in [6, 6.07) is 13.1. The number of hydrogen-bond donors (Lipinski definition) is 1. The topological polar surface area (TPSA) is 131 Å². The molecule has 2 aliphatic rings. The molecule has 49 heavy (non-hydrogen) atoms. The van der Waals surface area contributed by atoms with Crippen molar-refractivity contribution in [1.29, 1.82) is 0 Å². The van der Waals surface area contributed by atoms with Gasteiger partial charge in [-0.15, -0.1) is 0 Å². The molecule has 1 saturated heterocycles. The van der Waals surface area contributed by atoms with Gasteiger partial charge in [0.1, 0.15) is 18.2 Å². The molecule has 3 heterocycles. The van der Waals surface area contributed by atoms with Crippen LogP contribution < -0.4 is 15.1 Å². The highest BCUT2D eigenvalue weighted by Crippen LogP contribution is 2.47. The normalized spacial score (nSPS) is 17.9. The van der Waals surface area contributed by atoms with E-state index in [9.17, 15) is 18.0 Å². The van der Waals surface area contributed by atoms with Gasteiger partial charge in [0, 0.05) is 37.3 Å². The average molecular weight is 709 g/mol. The van der Waals surface area contributed by atoms with E-state index in [2.05, 4.69) is 20.3 Å². The van der Waals surface area contributed by atoms with E-state index >= 15 is 0 Å². The standard InChI is InChI=1S/C36H45ClN6O5S/c1-41(49(2,46)47)30-12-13-33-31(21-30)32(44)22-34(48-33)35(45)40-29(20-26-8-10-28(37)11-9-26)14-17-42-18-15-36(16-19-42,23-43-25-38-24-39-43)27-6-4-3-5-7-27/h8-13,21-22,24-25,27,29H,3-7,14-20,23H2,1-2H3,(H,40,45)/t29-/m1/s1. The number of piperidine rings is 1. The van der Waals surface area contributed by atoms with Crippen molar-refractivity contribution in [3.63, 3.8) is 0 Å². The zero-order valence-corrected chi connectivity index (χ0v) is 29.8. The molecule has 11 nitrogen and oxygen atoms in total. The molecular weight excluding hydrogens is 664 g/mol. The third kappa shape index (κ3) is 8.53. The fraction of sp³-hybridized carbons (Fsp3) is 0.500. The third-order valence-corrected chi connectivity index (χ3v) is 12.0. The van der Waals surface area contributed by atoms with Crippen LogP contribution in [0.15, 0.2) is 70.4 Å². The maximum atomic E-state index is 13.6. The van der Waals surface area contributed by atoms with E-state index in [4.69, 9.17) is 16.0 Å². The number of rotatable bonds is 12. The molecule has 13 heteroatoms. The first kappa shape index (κ1) is 35.1. The van der Waals surface area contributed by atoms with E-state index in [-0.39, 0.29) is 28.2 Å². The molecule has 6 rings (SSSR count). The molecule has 2 fully saturated rings. The van der Waals surface area contributed by atoms with Crippen molar-refractivity contribution in [2.75, 3.05) is 37.2 Å². The van der Waals surface area contributed by atoms with Crippen LogP contribution in [0.25, 0.3) is 11.0 Å². The Kier molecular flexibility index (Phi) is 10.8. The zero-order valence-electron chi connectivity index (χ0n) is 28.2. The van der Waals surface area contributed by atoms with E-state index < -0.39 is 21.4 Å². The number of benzene rings is 2. The fourth-order valence-electron chi connectivity index (χ4n) is 7.64. The molecule has 1 aliphatic carbocycles. The SMILES string of the molecule is CN(c1ccc2oc(C(=O)N[C@H](CCN3CCC(Cn4cncn4)(C4CCCCC4)CC3)Cc3ccc(Cl)cc3)cc(=O)c2c1)S(C)(=O)=O. The van der Waals surface area contributed by atoms with Gasteiger partial charge >= 0.3 is 0 Å². The molecule has 4 aromatic rings. The number of anilines is 1. The van der Waals surface area contributed by atoms with Crippen LogP contribution in [0.2, 0.25) is 5.02 Å². The number of aromatic nitrogens is 3. The van der Waals surface area contributed by atoms with Crippen LogP contribution in [0.4, 0.5) is 5.69 Å². The number of carbonyl (C=O) groups is 1. The smallest absolute Gasteiger partial charge is 0.287 e. The van der Waals surface area contributed by atoms with Gasteiger partial charge in [-0.1, -0.05) is 43.0 Å². The number of nitrogens with one attached hydrogen (secondary N) is 1. The first-order valence-electron chi connectivity index (χ1n) is 17.1. The van der Waals surface area contributed by atoms with Gasteiger partial charge in [0.15, 0.2) is 11.2 Å². The maximum absolute atomic E-state index is 13.6. The van der Waals surface area contributed by atoms with Gasteiger partial charge in [0.05, 0.1) is 17.3 Å². The highest BCUT2D eigenvalue weighted by molar-refractivity contribution is 7.92. The molecule has 1 aliphatic heterocycles. The van der Waals surface area contributed by atoms with E-state index in [1.54, 1.807) is 12.4 Å². The lowest BCUT2D eigenvalue weighted by molar-refractivity contribution is 0.0104. The summed E-state index contributed by atoms with van der Waals surface area (Å²) in [5.74, 6) is 0.137. The lowest BCUT2D eigenvalue weighted by atomic mass is 9.63. The van der Waals surface area contributed by atoms with Gasteiger partial charge in [-0.05, 0) is 98.8 Å². The monoisotopic (exact) mass is 708 g/mol. The van der Waals surface area contributed by atoms with E-state index in [1.165, 1.54) is 57.4 Å². The fourth-order valence-corrected chi connectivity index (χ4v) is 8.26. The Morgan fingerprint density at radius 2 is 1.84 bits per heavy atom. The highest BCUT2D eigenvalue weighted by Gasteiger charge is 2.42. The molecule has 2 aromatic heterocycles. The van der Waals surface area contributed by atoms with Crippen LogP contribution in [0.3, 0.4) is 0 Å². The summed E-state index contributed by atoms with van der Waals surface area (Å²) in [6.07, 6.45) is 14.6. The number of likely N-dealkylation sites (tertiary alicyclic amines) is 1. The van der Waals surface area contributed by atoms with Crippen molar-refractivity contribution in [3.05, 3.63) is 87.8 Å². The second-order valence-corrected chi connectivity index (χ2v) is 16.3. The molecule has 0 radical (unpaired) electrons. The summed E-state index contributed by atoms with van der Waals surface area (Å²) < 4.78 is 33.0. The Morgan fingerprint density at radius 1 is 1.10 bits per heavy atom. The number of amides is 1. The van der Waals surface area contributed by atoms with Crippen LogP contribution in [0, 0.1) is 11.3 Å². The maximum Gasteiger partial charge on any atom is 0.287 e. The lowest BCUT2D eigenvalue weighted by Gasteiger charge is -2.48. The predicted molar refractivity (Wildman–Crippen MR) is 191 cm³/mol.